The van der Waals surface area contributed by atoms with Crippen molar-refractivity contribution in [2.45, 2.75) is 32.0 Å². The standard InChI is InChI=1S/C24H33NO4.ClH/c1-5-25(6-2)17-21(28-4)22(18-27-3)29-24(26)23(19-13-9-7-10-14-19)20-15-11-8-12-16-20;/h7-16,21-23H,5-6,17-18H2,1-4H3;1H. The van der Waals surface area contributed by atoms with Crippen LogP contribution in [0.4, 0.5) is 0 Å². The van der Waals surface area contributed by atoms with Crippen molar-refractivity contribution in [2.24, 2.45) is 0 Å². The lowest BCUT2D eigenvalue weighted by Crippen LogP contribution is -2.45. The third-order valence-electron chi connectivity index (χ3n) is 5.15. The van der Waals surface area contributed by atoms with Crippen LogP contribution in [0.1, 0.15) is 30.9 Å². The SMILES string of the molecule is CCN(CC)CC(OC)C(COC)OC(=O)C(c1ccccc1)c1ccccc1.Cl. The molecule has 166 valence electrons. The Hall–Kier alpha value is -1.92. The van der Waals surface area contributed by atoms with E-state index in [4.69, 9.17) is 14.2 Å². The summed E-state index contributed by atoms with van der Waals surface area (Å²) >= 11 is 0. The minimum atomic E-state index is -0.497. The summed E-state index contributed by atoms with van der Waals surface area (Å²) < 4.78 is 17.0. The third-order valence-corrected chi connectivity index (χ3v) is 5.15. The first-order chi connectivity index (χ1) is 14.1. The van der Waals surface area contributed by atoms with E-state index in [1.807, 2.05) is 60.7 Å². The molecule has 0 N–H and O–H groups in total. The monoisotopic (exact) mass is 435 g/mol. The number of nitrogens with zero attached hydrogens (tertiary/aromatic N) is 1. The molecule has 0 saturated heterocycles. The van der Waals surface area contributed by atoms with Crippen LogP contribution < -0.4 is 0 Å². The fourth-order valence-electron chi connectivity index (χ4n) is 3.43. The molecule has 0 amide bonds. The first kappa shape index (κ1) is 26.1. The Morgan fingerprint density at radius 1 is 0.867 bits per heavy atom. The number of esters is 1. The molecule has 2 rings (SSSR count). The lowest BCUT2D eigenvalue weighted by atomic mass is 9.91. The fourth-order valence-corrected chi connectivity index (χ4v) is 3.43. The molecule has 2 atom stereocenters. The van der Waals surface area contributed by atoms with Crippen molar-refractivity contribution < 1.29 is 19.0 Å². The van der Waals surface area contributed by atoms with Gasteiger partial charge in [0, 0.05) is 20.8 Å². The highest BCUT2D eigenvalue weighted by Crippen LogP contribution is 2.27. The number of likely N-dealkylation sites (N-methyl/N-ethyl adjacent to an activating group) is 1. The van der Waals surface area contributed by atoms with E-state index in [0.29, 0.717) is 6.54 Å². The van der Waals surface area contributed by atoms with Gasteiger partial charge in [-0.15, -0.1) is 12.4 Å². The van der Waals surface area contributed by atoms with E-state index < -0.39 is 12.0 Å². The number of carbonyl (C=O) groups excluding carboxylic acids is 1. The summed E-state index contributed by atoms with van der Waals surface area (Å²) in [6.45, 7) is 6.97. The Morgan fingerprint density at radius 2 is 1.37 bits per heavy atom. The minimum Gasteiger partial charge on any atom is -0.456 e. The molecule has 2 aromatic rings. The molecule has 0 spiro atoms. The van der Waals surface area contributed by atoms with Crippen LogP contribution in [0.25, 0.3) is 0 Å². The summed E-state index contributed by atoms with van der Waals surface area (Å²) in [5.41, 5.74) is 1.80. The predicted octanol–water partition coefficient (Wildman–Crippen LogP) is 4.16. The summed E-state index contributed by atoms with van der Waals surface area (Å²) in [4.78, 5) is 15.6. The second kappa shape index (κ2) is 14.1. The van der Waals surface area contributed by atoms with Crippen LogP contribution in [0.2, 0.25) is 0 Å². The van der Waals surface area contributed by atoms with E-state index in [9.17, 15) is 4.79 Å². The van der Waals surface area contributed by atoms with Crippen LogP contribution >= 0.6 is 12.4 Å². The predicted molar refractivity (Wildman–Crippen MR) is 122 cm³/mol. The lowest BCUT2D eigenvalue weighted by molar-refractivity contribution is -0.162. The number of rotatable bonds is 12. The molecule has 0 saturated carbocycles. The highest BCUT2D eigenvalue weighted by molar-refractivity contribution is 5.85. The van der Waals surface area contributed by atoms with Gasteiger partial charge >= 0.3 is 5.97 Å². The van der Waals surface area contributed by atoms with Crippen molar-refractivity contribution in [3.63, 3.8) is 0 Å². The molecule has 0 aliphatic rings. The average molecular weight is 436 g/mol. The highest BCUT2D eigenvalue weighted by Gasteiger charge is 2.31. The van der Waals surface area contributed by atoms with Gasteiger partial charge in [0.25, 0.3) is 0 Å². The quantitative estimate of drug-likeness (QED) is 0.468. The molecule has 30 heavy (non-hydrogen) atoms. The molecule has 0 aliphatic carbocycles. The van der Waals surface area contributed by atoms with Crippen LogP contribution in [-0.4, -0.2) is 63.5 Å². The average Bonchev–Trinajstić information content (AvgIpc) is 2.76. The second-order valence-corrected chi connectivity index (χ2v) is 6.95. The van der Waals surface area contributed by atoms with E-state index in [0.717, 1.165) is 24.2 Å². The van der Waals surface area contributed by atoms with Gasteiger partial charge < -0.3 is 19.1 Å². The number of benzene rings is 2. The molecule has 0 heterocycles. The first-order valence-electron chi connectivity index (χ1n) is 10.2. The molecule has 0 aromatic heterocycles. The smallest absolute Gasteiger partial charge is 0.318 e. The zero-order chi connectivity index (χ0) is 21.1. The fraction of sp³-hybridized carbons (Fsp3) is 0.458. The molecule has 0 fully saturated rings. The molecular formula is C24H34ClNO4. The summed E-state index contributed by atoms with van der Waals surface area (Å²) in [6.07, 6.45) is -0.765. The van der Waals surface area contributed by atoms with Crippen molar-refractivity contribution in [2.75, 3.05) is 40.5 Å². The van der Waals surface area contributed by atoms with Crippen LogP contribution in [0.3, 0.4) is 0 Å². The van der Waals surface area contributed by atoms with Gasteiger partial charge in [-0.3, -0.25) is 4.79 Å². The van der Waals surface area contributed by atoms with E-state index in [1.54, 1.807) is 14.2 Å². The number of ether oxygens (including phenoxy) is 3. The molecule has 5 nitrogen and oxygen atoms in total. The molecule has 0 radical (unpaired) electrons. The van der Waals surface area contributed by atoms with Crippen molar-refractivity contribution in [3.8, 4) is 0 Å². The maximum absolute atomic E-state index is 13.3. The maximum Gasteiger partial charge on any atom is 0.318 e. The lowest BCUT2D eigenvalue weighted by Gasteiger charge is -2.31. The second-order valence-electron chi connectivity index (χ2n) is 6.95. The first-order valence-corrected chi connectivity index (χ1v) is 10.2. The molecule has 6 heteroatoms. The molecular weight excluding hydrogens is 402 g/mol. The van der Waals surface area contributed by atoms with E-state index in [1.165, 1.54) is 0 Å². The Bertz CT molecular complexity index is 670. The Morgan fingerprint density at radius 3 is 1.77 bits per heavy atom. The summed E-state index contributed by atoms with van der Waals surface area (Å²) in [5.74, 6) is -0.797. The summed E-state index contributed by atoms with van der Waals surface area (Å²) in [6, 6.07) is 19.4. The van der Waals surface area contributed by atoms with Gasteiger partial charge in [0.15, 0.2) is 6.10 Å². The van der Waals surface area contributed by atoms with Crippen LogP contribution in [0.15, 0.2) is 60.7 Å². The number of hydrogen-bond donors (Lipinski definition) is 0. The Labute approximate surface area is 186 Å². The van der Waals surface area contributed by atoms with Gasteiger partial charge in [-0.1, -0.05) is 74.5 Å². The molecule has 2 unspecified atom stereocenters. The van der Waals surface area contributed by atoms with Gasteiger partial charge in [0.1, 0.15) is 12.0 Å². The summed E-state index contributed by atoms with van der Waals surface area (Å²) in [5, 5.41) is 0. The highest BCUT2D eigenvalue weighted by atomic mass is 35.5. The van der Waals surface area contributed by atoms with Crippen LogP contribution in [0, 0.1) is 0 Å². The van der Waals surface area contributed by atoms with E-state index in [2.05, 4.69) is 18.7 Å². The Kier molecular flexibility index (Phi) is 12.3. The van der Waals surface area contributed by atoms with Gasteiger partial charge in [-0.25, -0.2) is 0 Å². The number of hydrogen-bond acceptors (Lipinski definition) is 5. The Balaban J connectivity index is 0.00000450. The molecule has 2 aromatic carbocycles. The van der Waals surface area contributed by atoms with Crippen LogP contribution in [-0.2, 0) is 19.0 Å². The zero-order valence-electron chi connectivity index (χ0n) is 18.3. The normalized spacial score (nSPS) is 13.0. The van der Waals surface area contributed by atoms with Crippen LogP contribution in [0.5, 0.6) is 0 Å². The minimum absolute atomic E-state index is 0. The van der Waals surface area contributed by atoms with Gasteiger partial charge in [-0.2, -0.15) is 0 Å². The van der Waals surface area contributed by atoms with E-state index >= 15 is 0 Å². The topological polar surface area (TPSA) is 48.0 Å². The largest absolute Gasteiger partial charge is 0.456 e. The summed E-state index contributed by atoms with van der Waals surface area (Å²) in [7, 11) is 3.26. The number of carbonyl (C=O) groups is 1. The van der Waals surface area contributed by atoms with E-state index in [-0.39, 0.29) is 31.1 Å². The molecule has 0 aliphatic heterocycles. The maximum atomic E-state index is 13.3. The van der Waals surface area contributed by atoms with Crippen molar-refractivity contribution >= 4 is 18.4 Å². The van der Waals surface area contributed by atoms with Crippen molar-refractivity contribution in [1.82, 2.24) is 4.90 Å². The van der Waals surface area contributed by atoms with Gasteiger partial charge in [0.2, 0.25) is 0 Å². The van der Waals surface area contributed by atoms with Crippen molar-refractivity contribution in [1.29, 1.82) is 0 Å². The number of methoxy groups -OCH3 is 2. The number of halogens is 1. The van der Waals surface area contributed by atoms with Gasteiger partial charge in [0.05, 0.1) is 6.61 Å². The van der Waals surface area contributed by atoms with Gasteiger partial charge in [-0.05, 0) is 24.2 Å². The zero-order valence-corrected chi connectivity index (χ0v) is 19.1. The third kappa shape index (κ3) is 7.40. The molecule has 0 bridgehead atoms. The van der Waals surface area contributed by atoms with Crippen molar-refractivity contribution in [3.05, 3.63) is 71.8 Å².